The van der Waals surface area contributed by atoms with Crippen molar-refractivity contribution in [2.75, 3.05) is 0 Å². The first-order valence-corrected chi connectivity index (χ1v) is 11.5. The van der Waals surface area contributed by atoms with E-state index in [9.17, 15) is 0 Å². The minimum atomic E-state index is 0.0251. The minimum absolute atomic E-state index is 0.0251. The van der Waals surface area contributed by atoms with Gasteiger partial charge in [0, 0.05) is 32.6 Å². The Hall–Kier alpha value is -3.17. The summed E-state index contributed by atoms with van der Waals surface area (Å²) >= 11 is 1.79. The summed E-state index contributed by atoms with van der Waals surface area (Å²) in [6, 6.07) is 19.5. The summed E-state index contributed by atoms with van der Waals surface area (Å²) in [7, 11) is 0. The molecule has 31 heavy (non-hydrogen) atoms. The molecule has 0 atom stereocenters. The van der Waals surface area contributed by atoms with Gasteiger partial charge in [-0.3, -0.25) is 4.98 Å². The zero-order chi connectivity index (χ0) is 21.3. The van der Waals surface area contributed by atoms with Gasteiger partial charge in [0.2, 0.25) is 0 Å². The molecular formula is C28H23NOS. The number of aromatic nitrogens is 1. The van der Waals surface area contributed by atoms with E-state index >= 15 is 0 Å². The predicted octanol–water partition coefficient (Wildman–Crippen LogP) is 8.62. The number of rotatable bonds is 1. The Morgan fingerprint density at radius 2 is 1.74 bits per heavy atom. The van der Waals surface area contributed by atoms with Crippen LogP contribution in [0.3, 0.4) is 0 Å². The SMILES string of the molecule is Cc1csc2ccc3oc4c(-c5cc(C(C)(C)C)c6ccccc6c5)nccc4c3c12. The highest BCUT2D eigenvalue weighted by Gasteiger charge is 2.21. The lowest BCUT2D eigenvalue weighted by molar-refractivity contribution is 0.596. The number of fused-ring (bicyclic) bond motifs is 6. The fourth-order valence-corrected chi connectivity index (χ4v) is 5.70. The highest BCUT2D eigenvalue weighted by Crippen LogP contribution is 2.42. The van der Waals surface area contributed by atoms with E-state index in [1.165, 1.54) is 37.4 Å². The molecule has 0 fully saturated rings. The summed E-state index contributed by atoms with van der Waals surface area (Å²) in [6.07, 6.45) is 1.92. The van der Waals surface area contributed by atoms with E-state index in [0.717, 1.165) is 27.8 Å². The average Bonchev–Trinajstić information content (AvgIpc) is 3.32. The van der Waals surface area contributed by atoms with Crippen molar-refractivity contribution < 1.29 is 4.42 Å². The molecule has 0 aliphatic rings. The van der Waals surface area contributed by atoms with Crippen molar-refractivity contribution in [2.24, 2.45) is 0 Å². The highest BCUT2D eigenvalue weighted by atomic mass is 32.1. The zero-order valence-corrected chi connectivity index (χ0v) is 18.9. The van der Waals surface area contributed by atoms with Crippen molar-refractivity contribution in [3.8, 4) is 11.3 Å². The van der Waals surface area contributed by atoms with E-state index < -0.39 is 0 Å². The quantitative estimate of drug-likeness (QED) is 0.265. The molecule has 6 rings (SSSR count). The molecule has 2 nitrogen and oxygen atoms in total. The predicted molar refractivity (Wildman–Crippen MR) is 133 cm³/mol. The molecular weight excluding hydrogens is 398 g/mol. The normalized spacial score (nSPS) is 12.5. The van der Waals surface area contributed by atoms with Gasteiger partial charge in [-0.25, -0.2) is 0 Å². The van der Waals surface area contributed by atoms with Gasteiger partial charge >= 0.3 is 0 Å². The summed E-state index contributed by atoms with van der Waals surface area (Å²) in [5.74, 6) is 0. The van der Waals surface area contributed by atoms with Gasteiger partial charge in [-0.2, -0.15) is 0 Å². The molecule has 0 bridgehead atoms. The molecule has 3 aromatic heterocycles. The van der Waals surface area contributed by atoms with Crippen LogP contribution in [0.4, 0.5) is 0 Å². The first-order chi connectivity index (χ1) is 14.9. The largest absolute Gasteiger partial charge is 0.454 e. The summed E-state index contributed by atoms with van der Waals surface area (Å²) < 4.78 is 7.75. The first kappa shape index (κ1) is 18.6. The molecule has 0 radical (unpaired) electrons. The van der Waals surface area contributed by atoms with Crippen LogP contribution in [0.25, 0.3) is 54.1 Å². The van der Waals surface area contributed by atoms with Crippen molar-refractivity contribution in [3.63, 3.8) is 0 Å². The van der Waals surface area contributed by atoms with Crippen LogP contribution in [0.1, 0.15) is 31.9 Å². The fraction of sp³-hybridized carbons (Fsp3) is 0.179. The standard InChI is InChI=1S/C28H23NOS/c1-16-15-31-23-10-9-22-25(24(16)23)20-11-12-29-26(27(20)30-22)18-13-17-7-5-6-8-19(17)21(14-18)28(2,3)4/h5-15H,1-4H3. The molecule has 0 aliphatic heterocycles. The van der Waals surface area contributed by atoms with Gasteiger partial charge in [0.05, 0.1) is 0 Å². The summed E-state index contributed by atoms with van der Waals surface area (Å²) in [4.78, 5) is 4.80. The molecule has 0 amide bonds. The lowest BCUT2D eigenvalue weighted by atomic mass is 9.82. The van der Waals surface area contributed by atoms with Crippen molar-refractivity contribution >= 4 is 54.1 Å². The molecule has 0 N–H and O–H groups in total. The van der Waals surface area contributed by atoms with E-state index in [2.05, 4.69) is 87.7 Å². The second-order valence-corrected chi connectivity index (χ2v) is 10.3. The maximum Gasteiger partial charge on any atom is 0.161 e. The first-order valence-electron chi connectivity index (χ1n) is 10.6. The van der Waals surface area contributed by atoms with Crippen LogP contribution in [0.5, 0.6) is 0 Å². The third-order valence-electron chi connectivity index (χ3n) is 6.22. The lowest BCUT2D eigenvalue weighted by Crippen LogP contribution is -2.12. The molecule has 3 heterocycles. The van der Waals surface area contributed by atoms with Crippen molar-refractivity contribution in [1.29, 1.82) is 0 Å². The van der Waals surface area contributed by atoms with Crippen LogP contribution >= 0.6 is 11.3 Å². The summed E-state index contributed by atoms with van der Waals surface area (Å²) in [5.41, 5.74) is 6.45. The van der Waals surface area contributed by atoms with Gasteiger partial charge in [-0.05, 0) is 69.9 Å². The van der Waals surface area contributed by atoms with Crippen molar-refractivity contribution in [2.45, 2.75) is 33.1 Å². The van der Waals surface area contributed by atoms with Crippen LogP contribution < -0.4 is 0 Å². The second kappa shape index (κ2) is 6.41. The maximum atomic E-state index is 6.45. The minimum Gasteiger partial charge on any atom is -0.454 e. The number of nitrogens with zero attached hydrogens (tertiary/aromatic N) is 1. The Morgan fingerprint density at radius 1 is 0.903 bits per heavy atom. The second-order valence-electron chi connectivity index (χ2n) is 9.36. The molecule has 0 aliphatic carbocycles. The number of furan rings is 1. The average molecular weight is 422 g/mol. The third-order valence-corrected chi connectivity index (χ3v) is 7.28. The third kappa shape index (κ3) is 2.73. The van der Waals surface area contributed by atoms with Crippen molar-refractivity contribution in [1.82, 2.24) is 4.98 Å². The number of benzene rings is 3. The smallest absolute Gasteiger partial charge is 0.161 e. The molecule has 0 spiro atoms. The number of hydrogen-bond acceptors (Lipinski definition) is 3. The van der Waals surface area contributed by atoms with Gasteiger partial charge in [-0.1, -0.05) is 45.0 Å². The number of thiophene rings is 1. The molecule has 3 aromatic carbocycles. The highest BCUT2D eigenvalue weighted by molar-refractivity contribution is 7.17. The van der Waals surface area contributed by atoms with Crippen LogP contribution in [0, 0.1) is 6.92 Å². The molecule has 152 valence electrons. The Bertz CT molecular complexity index is 1630. The molecule has 0 saturated carbocycles. The molecule has 0 unspecified atom stereocenters. The zero-order valence-electron chi connectivity index (χ0n) is 18.1. The van der Waals surface area contributed by atoms with Crippen LogP contribution in [-0.2, 0) is 5.41 Å². The van der Waals surface area contributed by atoms with Crippen molar-refractivity contribution in [3.05, 3.63) is 77.3 Å². The topological polar surface area (TPSA) is 26.0 Å². The lowest BCUT2D eigenvalue weighted by Gasteiger charge is -2.22. The Morgan fingerprint density at radius 3 is 2.58 bits per heavy atom. The molecule has 0 saturated heterocycles. The van der Waals surface area contributed by atoms with E-state index in [4.69, 9.17) is 9.40 Å². The molecule has 6 aromatic rings. The van der Waals surface area contributed by atoms with Crippen LogP contribution in [0.15, 0.2) is 70.6 Å². The summed E-state index contributed by atoms with van der Waals surface area (Å²) in [5, 5.41) is 8.39. The molecule has 3 heteroatoms. The number of aryl methyl sites for hydroxylation is 1. The van der Waals surface area contributed by atoms with E-state index in [1.807, 2.05) is 6.20 Å². The van der Waals surface area contributed by atoms with E-state index in [0.29, 0.717) is 0 Å². The van der Waals surface area contributed by atoms with Gasteiger partial charge < -0.3 is 4.42 Å². The fourth-order valence-electron chi connectivity index (χ4n) is 4.75. The van der Waals surface area contributed by atoms with Gasteiger partial charge in [0.25, 0.3) is 0 Å². The van der Waals surface area contributed by atoms with Gasteiger partial charge in [0.15, 0.2) is 5.58 Å². The number of hydrogen-bond donors (Lipinski definition) is 0. The monoisotopic (exact) mass is 421 g/mol. The van der Waals surface area contributed by atoms with Crippen LogP contribution in [-0.4, -0.2) is 4.98 Å². The Kier molecular flexibility index (Phi) is 3.85. The Balaban J connectivity index is 1.72. The summed E-state index contributed by atoms with van der Waals surface area (Å²) in [6.45, 7) is 8.98. The number of pyridine rings is 1. The van der Waals surface area contributed by atoms with E-state index in [1.54, 1.807) is 11.3 Å². The van der Waals surface area contributed by atoms with Crippen LogP contribution in [0.2, 0.25) is 0 Å². The van der Waals surface area contributed by atoms with E-state index in [-0.39, 0.29) is 5.41 Å². The maximum absolute atomic E-state index is 6.45. The van der Waals surface area contributed by atoms with Gasteiger partial charge in [-0.15, -0.1) is 11.3 Å². The van der Waals surface area contributed by atoms with Gasteiger partial charge in [0.1, 0.15) is 11.3 Å². The Labute approximate surface area is 185 Å².